The van der Waals surface area contributed by atoms with E-state index in [-0.39, 0.29) is 35.5 Å². The van der Waals surface area contributed by atoms with Gasteiger partial charge >= 0.3 is 0 Å². The van der Waals surface area contributed by atoms with E-state index < -0.39 is 10.8 Å². The number of anilines is 4. The van der Waals surface area contributed by atoms with Gasteiger partial charge < -0.3 is 19.6 Å². The van der Waals surface area contributed by atoms with Crippen LogP contribution in [-0.4, -0.2) is 110 Å². The Hall–Kier alpha value is -6.30. The summed E-state index contributed by atoms with van der Waals surface area (Å²) < 4.78 is 0. The number of para-hydroxylation sites is 2. The van der Waals surface area contributed by atoms with Crippen LogP contribution in [0.25, 0.3) is 0 Å². The van der Waals surface area contributed by atoms with E-state index in [0.717, 1.165) is 110 Å². The largest absolute Gasteiger partial charge is 0.336 e. The average molecular weight is 944 g/mol. The highest BCUT2D eigenvalue weighted by atomic mass is 35.5. The Labute approximate surface area is 407 Å². The second-order valence-corrected chi connectivity index (χ2v) is 20.0. The van der Waals surface area contributed by atoms with Crippen LogP contribution in [0.3, 0.4) is 0 Å². The molecule has 2 saturated carbocycles. The molecule has 12 rings (SSSR count). The number of hydrogen-bond donors (Lipinski definition) is 0. The molecule has 2 aliphatic carbocycles. The van der Waals surface area contributed by atoms with Gasteiger partial charge in [0.1, 0.15) is 0 Å². The molecule has 12 heteroatoms. The van der Waals surface area contributed by atoms with Crippen LogP contribution in [0.1, 0.15) is 67.6 Å². The first kappa shape index (κ1) is 44.2. The minimum atomic E-state index is -0.554. The Morgan fingerprint density at radius 2 is 0.838 bits per heavy atom. The van der Waals surface area contributed by atoms with Crippen LogP contribution in [0.4, 0.5) is 22.7 Å². The van der Waals surface area contributed by atoms with Gasteiger partial charge in [-0.05, 0) is 122 Å². The number of likely N-dealkylation sites (N-methyl/N-ethyl adjacent to an activating group) is 2. The fourth-order valence-electron chi connectivity index (χ4n) is 11.2. The first-order valence-electron chi connectivity index (χ1n) is 23.5. The molecule has 6 aliphatic rings. The maximum absolute atomic E-state index is 14.0. The normalized spacial score (nSPS) is 23.9. The van der Waals surface area contributed by atoms with E-state index in [1.54, 1.807) is 0 Å². The van der Waals surface area contributed by atoms with Crippen molar-refractivity contribution in [3.8, 4) is 0 Å². The molecule has 2 saturated heterocycles. The fourth-order valence-corrected chi connectivity index (χ4v) is 11.4. The van der Waals surface area contributed by atoms with Crippen LogP contribution in [-0.2, 0) is 20.4 Å². The summed E-state index contributed by atoms with van der Waals surface area (Å²) in [6, 6.07) is 46.8. The smallest absolute Gasteiger partial charge is 0.254 e. The number of benzene rings is 6. The summed E-state index contributed by atoms with van der Waals surface area (Å²) in [5.74, 6) is 0.456. The van der Waals surface area contributed by atoms with Crippen molar-refractivity contribution in [2.45, 2.75) is 35.5 Å². The zero-order valence-electron chi connectivity index (χ0n) is 38.2. The van der Waals surface area contributed by atoms with Gasteiger partial charge in [-0.3, -0.25) is 29.0 Å². The first-order valence-corrected chi connectivity index (χ1v) is 24.3. The fraction of sp³-hybridized carbons (Fsp3) is 0.286. The minimum Gasteiger partial charge on any atom is -0.336 e. The molecule has 6 aromatic carbocycles. The Morgan fingerprint density at radius 3 is 1.22 bits per heavy atom. The van der Waals surface area contributed by atoms with Gasteiger partial charge in [0.2, 0.25) is 11.8 Å². The third kappa shape index (κ3) is 7.49. The predicted molar refractivity (Wildman–Crippen MR) is 268 cm³/mol. The highest BCUT2D eigenvalue weighted by Crippen LogP contribution is 2.68. The van der Waals surface area contributed by atoms with Gasteiger partial charge in [0.15, 0.2) is 0 Å². The van der Waals surface area contributed by atoms with Crippen molar-refractivity contribution < 1.29 is 19.2 Å². The highest BCUT2D eigenvalue weighted by Gasteiger charge is 2.68. The number of carbonyl (C=O) groups is 4. The molecule has 4 fully saturated rings. The van der Waals surface area contributed by atoms with Gasteiger partial charge in [0.05, 0.1) is 22.2 Å². The van der Waals surface area contributed by atoms with Crippen molar-refractivity contribution in [2.75, 3.05) is 76.3 Å². The SMILES string of the molecule is CN1CCN(C(=O)c2cccc(N3C(=O)[C@@]4(C[C@H]4c4ccc(Cl)cc4)c4ccccc43)c2)CC1.CN1CCN(C(=O)c2cccc(N3C(=O)[C@]4(CC4c4ccc(Cl)cc4)c4ccccc43)c2)CC1. The Bertz CT molecular complexity index is 2770. The van der Waals surface area contributed by atoms with Gasteiger partial charge in [-0.1, -0.05) is 96.0 Å². The molecule has 6 aromatic rings. The minimum absolute atomic E-state index is 0.0232. The summed E-state index contributed by atoms with van der Waals surface area (Å²) in [4.78, 5) is 66.3. The molecule has 4 heterocycles. The number of amides is 4. The van der Waals surface area contributed by atoms with Gasteiger partial charge in [0, 0.05) is 96.7 Å². The quantitative estimate of drug-likeness (QED) is 0.165. The van der Waals surface area contributed by atoms with Crippen molar-refractivity contribution in [3.05, 3.63) is 189 Å². The lowest BCUT2D eigenvalue weighted by Gasteiger charge is -2.32. The van der Waals surface area contributed by atoms with E-state index >= 15 is 0 Å². The molecule has 0 aromatic heterocycles. The lowest BCUT2D eigenvalue weighted by molar-refractivity contribution is -0.120. The average Bonchev–Trinajstić information content (AvgIpc) is 4.27. The Morgan fingerprint density at radius 1 is 0.471 bits per heavy atom. The Balaban J connectivity index is 0.000000149. The maximum atomic E-state index is 14.0. The van der Waals surface area contributed by atoms with Gasteiger partial charge in [-0.2, -0.15) is 0 Å². The van der Waals surface area contributed by atoms with Crippen LogP contribution in [0.15, 0.2) is 146 Å². The maximum Gasteiger partial charge on any atom is 0.254 e. The molecule has 4 aliphatic heterocycles. The van der Waals surface area contributed by atoms with E-state index in [2.05, 4.69) is 36.0 Å². The van der Waals surface area contributed by atoms with Gasteiger partial charge in [-0.25, -0.2) is 0 Å². The molecule has 1 unspecified atom stereocenters. The summed E-state index contributed by atoms with van der Waals surface area (Å²) in [6.07, 6.45) is 1.56. The number of carbonyl (C=O) groups excluding carboxylic acids is 4. The third-order valence-corrected chi connectivity index (χ3v) is 15.7. The lowest BCUT2D eigenvalue weighted by atomic mass is 9.92. The molecule has 4 atom stereocenters. The van der Waals surface area contributed by atoms with E-state index in [9.17, 15) is 19.2 Å². The molecule has 0 bridgehead atoms. The van der Waals surface area contributed by atoms with E-state index in [0.29, 0.717) is 21.2 Å². The number of halogens is 2. The lowest BCUT2D eigenvalue weighted by Crippen LogP contribution is -2.47. The predicted octanol–water partition coefficient (Wildman–Crippen LogP) is 9.66. The molecular weight excluding hydrogens is 892 g/mol. The third-order valence-electron chi connectivity index (χ3n) is 15.2. The zero-order chi connectivity index (χ0) is 46.9. The highest BCUT2D eigenvalue weighted by molar-refractivity contribution is 6.31. The molecule has 2 spiro atoms. The van der Waals surface area contributed by atoms with Crippen LogP contribution in [0.5, 0.6) is 0 Å². The number of piperazine rings is 2. The van der Waals surface area contributed by atoms with Gasteiger partial charge in [0.25, 0.3) is 11.8 Å². The number of nitrogens with zero attached hydrogens (tertiary/aromatic N) is 6. The summed E-state index contributed by atoms with van der Waals surface area (Å²) in [5, 5.41) is 1.39. The number of fused-ring (bicyclic) bond motifs is 4. The van der Waals surface area contributed by atoms with Crippen LogP contribution >= 0.6 is 23.2 Å². The standard InChI is InChI=1S/2C28H26ClN3O2/c2*1-30-13-15-31(16-14-30)26(33)20-5-4-6-22(17-20)32-25-8-3-2-7-23(25)28(27(32)34)18-24(28)19-9-11-21(29)12-10-19/h2*2-12,17,24H,13-16,18H2,1H3/t24?,28-;24-,28-/m10/s1. The molecule has 4 amide bonds. The summed E-state index contributed by atoms with van der Waals surface area (Å²) in [7, 11) is 4.15. The molecular formula is C56H52Cl2N6O4. The zero-order valence-corrected chi connectivity index (χ0v) is 39.7. The van der Waals surface area contributed by atoms with E-state index in [1.807, 2.05) is 153 Å². The van der Waals surface area contributed by atoms with Crippen molar-refractivity contribution in [3.63, 3.8) is 0 Å². The summed E-state index contributed by atoms with van der Waals surface area (Å²) in [5.41, 5.74) is 7.85. The molecule has 68 heavy (non-hydrogen) atoms. The topological polar surface area (TPSA) is 87.7 Å². The molecule has 0 radical (unpaired) electrons. The second-order valence-electron chi connectivity index (χ2n) is 19.2. The Kier molecular flexibility index (Phi) is 11.3. The molecule has 10 nitrogen and oxygen atoms in total. The second kappa shape index (κ2) is 17.3. The number of hydrogen-bond acceptors (Lipinski definition) is 6. The summed E-state index contributed by atoms with van der Waals surface area (Å²) in [6.45, 7) is 6.37. The van der Waals surface area contributed by atoms with Crippen molar-refractivity contribution >= 4 is 69.6 Å². The molecule has 0 N–H and O–H groups in total. The van der Waals surface area contributed by atoms with Crippen LogP contribution in [0.2, 0.25) is 10.0 Å². The van der Waals surface area contributed by atoms with Gasteiger partial charge in [-0.15, -0.1) is 0 Å². The van der Waals surface area contributed by atoms with E-state index in [4.69, 9.17) is 23.2 Å². The van der Waals surface area contributed by atoms with Crippen molar-refractivity contribution in [2.24, 2.45) is 0 Å². The van der Waals surface area contributed by atoms with Crippen LogP contribution < -0.4 is 9.80 Å². The monoisotopic (exact) mass is 942 g/mol. The number of rotatable bonds is 6. The first-order chi connectivity index (χ1) is 33.0. The van der Waals surface area contributed by atoms with Crippen LogP contribution in [0, 0.1) is 0 Å². The molecule has 344 valence electrons. The van der Waals surface area contributed by atoms with Crippen molar-refractivity contribution in [1.29, 1.82) is 0 Å². The summed E-state index contributed by atoms with van der Waals surface area (Å²) >= 11 is 12.2. The van der Waals surface area contributed by atoms with E-state index in [1.165, 1.54) is 0 Å². The van der Waals surface area contributed by atoms with Crippen molar-refractivity contribution in [1.82, 2.24) is 19.6 Å².